The number of alkyl halides is 2. The first-order valence-corrected chi connectivity index (χ1v) is 10.5. The van der Waals surface area contributed by atoms with Gasteiger partial charge in [0.15, 0.2) is 5.65 Å². The highest BCUT2D eigenvalue weighted by Gasteiger charge is 2.20. The molecule has 0 amide bonds. The Kier molecular flexibility index (Phi) is 7.10. The van der Waals surface area contributed by atoms with Gasteiger partial charge in [-0.05, 0) is 51.6 Å². The molecule has 0 spiro atoms. The number of likely N-dealkylation sites (N-methyl/N-ethyl adjacent to an activating group) is 1. The zero-order valence-corrected chi connectivity index (χ0v) is 18.9. The van der Waals surface area contributed by atoms with E-state index >= 15 is 0 Å². The van der Waals surface area contributed by atoms with Crippen molar-refractivity contribution in [2.45, 2.75) is 46.8 Å². The lowest BCUT2D eigenvalue weighted by Gasteiger charge is -2.24. The van der Waals surface area contributed by atoms with Crippen LogP contribution in [0.15, 0.2) is 24.4 Å². The summed E-state index contributed by atoms with van der Waals surface area (Å²) in [6.07, 6.45) is 3.10. The molecule has 0 saturated carbocycles. The SMILES string of the molecule is CC[C@H](CN(C)CC)n1cc(C)c2nc(-c3ccc(OC(F)F)cc3OC)c(C)nc21. The number of fused-ring (bicyclic) bond motifs is 1. The summed E-state index contributed by atoms with van der Waals surface area (Å²) in [5.41, 5.74) is 4.80. The molecule has 2 aromatic heterocycles. The quantitative estimate of drug-likeness (QED) is 0.464. The maximum atomic E-state index is 12.6. The molecule has 31 heavy (non-hydrogen) atoms. The van der Waals surface area contributed by atoms with Crippen molar-refractivity contribution in [3.63, 3.8) is 0 Å². The first-order valence-electron chi connectivity index (χ1n) is 10.5. The number of halogens is 2. The highest BCUT2D eigenvalue weighted by Crippen LogP contribution is 2.36. The molecule has 0 fully saturated rings. The molecule has 0 unspecified atom stereocenters. The molecule has 3 rings (SSSR count). The van der Waals surface area contributed by atoms with Crippen LogP contribution in [0.4, 0.5) is 8.78 Å². The first kappa shape index (κ1) is 22.9. The van der Waals surface area contributed by atoms with Crippen LogP contribution in [0.25, 0.3) is 22.4 Å². The third kappa shape index (κ3) is 4.79. The molecule has 1 atom stereocenters. The minimum Gasteiger partial charge on any atom is -0.496 e. The van der Waals surface area contributed by atoms with Gasteiger partial charge in [0.25, 0.3) is 0 Å². The number of aryl methyl sites for hydroxylation is 2. The minimum atomic E-state index is -2.89. The van der Waals surface area contributed by atoms with Gasteiger partial charge in [-0.2, -0.15) is 8.78 Å². The summed E-state index contributed by atoms with van der Waals surface area (Å²) in [5, 5.41) is 0. The molecule has 0 aliphatic rings. The largest absolute Gasteiger partial charge is 0.496 e. The molecule has 0 saturated heterocycles. The van der Waals surface area contributed by atoms with E-state index in [-0.39, 0.29) is 5.75 Å². The number of methoxy groups -OCH3 is 1. The summed E-state index contributed by atoms with van der Waals surface area (Å²) in [6, 6.07) is 4.90. The third-order valence-corrected chi connectivity index (χ3v) is 5.58. The van der Waals surface area contributed by atoms with Crippen LogP contribution in [-0.4, -0.2) is 53.3 Å². The van der Waals surface area contributed by atoms with Gasteiger partial charge >= 0.3 is 6.61 Å². The number of ether oxygens (including phenoxy) is 2. The maximum Gasteiger partial charge on any atom is 0.387 e. The van der Waals surface area contributed by atoms with E-state index in [1.807, 2.05) is 13.8 Å². The number of aromatic nitrogens is 3. The Hall–Kier alpha value is -2.74. The molecular weight excluding hydrogens is 402 g/mol. The number of rotatable bonds is 9. The van der Waals surface area contributed by atoms with Gasteiger partial charge in [-0.15, -0.1) is 0 Å². The van der Waals surface area contributed by atoms with E-state index in [1.54, 1.807) is 6.07 Å². The van der Waals surface area contributed by atoms with E-state index in [0.29, 0.717) is 23.0 Å². The number of hydrogen-bond donors (Lipinski definition) is 0. The molecule has 168 valence electrons. The second kappa shape index (κ2) is 9.60. The average molecular weight is 433 g/mol. The van der Waals surface area contributed by atoms with Gasteiger partial charge in [0.2, 0.25) is 0 Å². The molecule has 0 aliphatic carbocycles. The summed E-state index contributed by atoms with van der Waals surface area (Å²) in [4.78, 5) is 12.1. The highest BCUT2D eigenvalue weighted by atomic mass is 19.3. The molecule has 6 nitrogen and oxygen atoms in total. The molecule has 8 heteroatoms. The summed E-state index contributed by atoms with van der Waals surface area (Å²) in [7, 11) is 3.61. The van der Waals surface area contributed by atoms with Crippen LogP contribution in [0.2, 0.25) is 0 Å². The van der Waals surface area contributed by atoms with E-state index in [4.69, 9.17) is 14.7 Å². The Morgan fingerprint density at radius 2 is 1.90 bits per heavy atom. The van der Waals surface area contributed by atoms with Gasteiger partial charge in [0.1, 0.15) is 17.0 Å². The second-order valence-corrected chi connectivity index (χ2v) is 7.71. The molecule has 3 aromatic rings. The number of hydrogen-bond acceptors (Lipinski definition) is 5. The van der Waals surface area contributed by atoms with Crippen LogP contribution in [-0.2, 0) is 0 Å². The van der Waals surface area contributed by atoms with Crippen molar-refractivity contribution in [3.8, 4) is 22.8 Å². The van der Waals surface area contributed by atoms with Crippen molar-refractivity contribution in [1.29, 1.82) is 0 Å². The van der Waals surface area contributed by atoms with Crippen LogP contribution >= 0.6 is 0 Å². The first-order chi connectivity index (χ1) is 14.8. The van der Waals surface area contributed by atoms with Crippen molar-refractivity contribution in [3.05, 3.63) is 35.7 Å². The molecule has 2 heterocycles. The number of nitrogens with zero attached hydrogens (tertiary/aromatic N) is 4. The van der Waals surface area contributed by atoms with Gasteiger partial charge in [-0.25, -0.2) is 9.97 Å². The van der Waals surface area contributed by atoms with E-state index < -0.39 is 6.61 Å². The molecule has 0 radical (unpaired) electrons. The van der Waals surface area contributed by atoms with Crippen LogP contribution in [0.1, 0.15) is 37.6 Å². The monoisotopic (exact) mass is 432 g/mol. The fourth-order valence-electron chi connectivity index (χ4n) is 3.76. The summed E-state index contributed by atoms with van der Waals surface area (Å²) >= 11 is 0. The van der Waals surface area contributed by atoms with E-state index in [1.165, 1.54) is 19.2 Å². The smallest absolute Gasteiger partial charge is 0.387 e. The van der Waals surface area contributed by atoms with Crippen molar-refractivity contribution >= 4 is 11.2 Å². The fraction of sp³-hybridized carbons (Fsp3) is 0.478. The highest BCUT2D eigenvalue weighted by molar-refractivity contribution is 5.81. The van der Waals surface area contributed by atoms with E-state index in [9.17, 15) is 8.78 Å². The molecule has 0 bridgehead atoms. The van der Waals surface area contributed by atoms with E-state index in [0.717, 1.165) is 41.9 Å². The average Bonchev–Trinajstić information content (AvgIpc) is 3.06. The predicted molar refractivity (Wildman–Crippen MR) is 118 cm³/mol. The van der Waals surface area contributed by atoms with E-state index in [2.05, 4.69) is 41.3 Å². The summed E-state index contributed by atoms with van der Waals surface area (Å²) in [5.74, 6) is 0.443. The van der Waals surface area contributed by atoms with Crippen LogP contribution < -0.4 is 9.47 Å². The van der Waals surface area contributed by atoms with Gasteiger partial charge in [-0.3, -0.25) is 0 Å². The van der Waals surface area contributed by atoms with Gasteiger partial charge in [0, 0.05) is 30.4 Å². The lowest BCUT2D eigenvalue weighted by Crippen LogP contribution is -2.27. The Bertz CT molecular complexity index is 1050. The lowest BCUT2D eigenvalue weighted by atomic mass is 10.1. The predicted octanol–water partition coefficient (Wildman–Crippen LogP) is 5.23. The molecular formula is C23H30F2N4O2. The minimum absolute atomic E-state index is 0.0375. The van der Waals surface area contributed by atoms with Crippen molar-refractivity contribution in [2.75, 3.05) is 27.2 Å². The normalized spacial score (nSPS) is 12.7. The zero-order valence-electron chi connectivity index (χ0n) is 18.9. The van der Waals surface area contributed by atoms with Gasteiger partial charge in [0.05, 0.1) is 18.5 Å². The maximum absolute atomic E-state index is 12.6. The molecule has 1 aromatic carbocycles. The van der Waals surface area contributed by atoms with Gasteiger partial charge < -0.3 is 18.9 Å². The topological polar surface area (TPSA) is 52.4 Å². The van der Waals surface area contributed by atoms with Crippen LogP contribution in [0.3, 0.4) is 0 Å². The Balaban J connectivity index is 2.09. The fourth-order valence-corrected chi connectivity index (χ4v) is 3.76. The second-order valence-electron chi connectivity index (χ2n) is 7.71. The lowest BCUT2D eigenvalue weighted by molar-refractivity contribution is -0.0499. The van der Waals surface area contributed by atoms with Gasteiger partial charge in [-0.1, -0.05) is 13.8 Å². The van der Waals surface area contributed by atoms with Crippen LogP contribution in [0, 0.1) is 13.8 Å². The third-order valence-electron chi connectivity index (χ3n) is 5.58. The molecule has 0 N–H and O–H groups in total. The number of benzene rings is 1. The van der Waals surface area contributed by atoms with Crippen LogP contribution in [0.5, 0.6) is 11.5 Å². The van der Waals surface area contributed by atoms with Crippen molar-refractivity contribution < 1.29 is 18.3 Å². The summed E-state index contributed by atoms with van der Waals surface area (Å²) in [6.45, 7) is 7.27. The summed E-state index contributed by atoms with van der Waals surface area (Å²) < 4.78 is 37.3. The standard InChI is InChI=1S/C23H30F2N4O2/c1-7-16(13-28(5)8-2)29-12-14(3)20-22(29)26-15(4)21(27-20)18-10-9-17(31-23(24)25)11-19(18)30-6/h9-12,16,23H,7-8,13H2,1-6H3/t16-/m1/s1. The van der Waals surface area contributed by atoms with Crippen molar-refractivity contribution in [2.24, 2.45) is 0 Å². The Morgan fingerprint density at radius 3 is 2.52 bits per heavy atom. The Labute approximate surface area is 181 Å². The zero-order chi connectivity index (χ0) is 22.7. The van der Waals surface area contributed by atoms with Crippen molar-refractivity contribution in [1.82, 2.24) is 19.4 Å². The molecule has 0 aliphatic heterocycles. The Morgan fingerprint density at radius 1 is 1.16 bits per heavy atom.